The fourth-order valence-electron chi connectivity index (χ4n) is 4.02. The summed E-state index contributed by atoms with van der Waals surface area (Å²) in [4.78, 5) is 17.1. The van der Waals surface area contributed by atoms with Crippen molar-refractivity contribution in [3.05, 3.63) is 108 Å². The predicted octanol–water partition coefficient (Wildman–Crippen LogP) is 7.47. The summed E-state index contributed by atoms with van der Waals surface area (Å²) in [5.74, 6) is 0.913. The van der Waals surface area contributed by atoms with Crippen LogP contribution in [0.5, 0.6) is 11.5 Å². The average Bonchev–Trinajstić information content (AvgIpc) is 3.00. The minimum atomic E-state index is -0.0580. The summed E-state index contributed by atoms with van der Waals surface area (Å²) in [5, 5.41) is 41.5. The Bertz CT molecular complexity index is 1810. The number of aryl methyl sites for hydroxylation is 4. The zero-order chi connectivity index (χ0) is 29.6. The zero-order valence-electron chi connectivity index (χ0n) is 23.8. The Kier molecular flexibility index (Phi) is 9.80. The molecule has 0 aliphatic carbocycles. The van der Waals surface area contributed by atoms with Gasteiger partial charge in [-0.05, 0) is 98.1 Å². The minimum absolute atomic E-state index is 0. The molecule has 6 rings (SSSR count). The standard InChI is InChI=1S/2C16H14N4O.Ni/c2*1-10-9-12-14(21)7-6-13(16(12)18-11(10)2)19-20-15-5-3-4-8-17-15;/h2*3-9,21H,1-2H3;/p-2. The monoisotopic (exact) mass is 612 g/mol. The largest absolute Gasteiger partial charge is 0.872 e. The summed E-state index contributed by atoms with van der Waals surface area (Å²) in [6, 6.07) is 20.8. The third-order valence-electron chi connectivity index (χ3n) is 6.55. The molecule has 0 radical (unpaired) electrons. The van der Waals surface area contributed by atoms with E-state index in [9.17, 15) is 10.2 Å². The zero-order valence-corrected chi connectivity index (χ0v) is 24.8. The van der Waals surface area contributed by atoms with Crippen molar-refractivity contribution in [2.24, 2.45) is 20.5 Å². The fourth-order valence-corrected chi connectivity index (χ4v) is 4.02. The van der Waals surface area contributed by atoms with E-state index in [1.54, 1.807) is 36.7 Å². The number of hydrogen-bond donors (Lipinski definition) is 0. The maximum atomic E-state index is 11.9. The Balaban J connectivity index is 0.000000192. The molecule has 11 heteroatoms. The van der Waals surface area contributed by atoms with Crippen LogP contribution in [0.25, 0.3) is 21.8 Å². The maximum Gasteiger partial charge on any atom is 0.174 e. The first kappa shape index (κ1) is 30.8. The van der Waals surface area contributed by atoms with E-state index in [4.69, 9.17) is 0 Å². The number of nitrogens with zero attached hydrogens (tertiary/aromatic N) is 8. The molecule has 0 spiro atoms. The van der Waals surface area contributed by atoms with Gasteiger partial charge < -0.3 is 10.2 Å². The van der Waals surface area contributed by atoms with Crippen LogP contribution >= 0.6 is 0 Å². The Labute approximate surface area is 258 Å². The SMILES string of the molecule is Cc1cc2c([O-])ccc(N=Nc3ccccn3)c2nc1C.Cc1cc2c([O-])ccc(N=Nc3ccccn3)c2nc1C.[Ni]. The average molecular weight is 613 g/mol. The van der Waals surface area contributed by atoms with Gasteiger partial charge >= 0.3 is 0 Å². The number of aromatic nitrogens is 4. The molecule has 0 saturated carbocycles. The third-order valence-corrected chi connectivity index (χ3v) is 6.55. The molecule has 0 amide bonds. The molecule has 6 aromatic rings. The molecule has 10 nitrogen and oxygen atoms in total. The van der Waals surface area contributed by atoms with Gasteiger partial charge in [0, 0.05) is 40.3 Å². The molecule has 0 aliphatic heterocycles. The second kappa shape index (κ2) is 13.7. The van der Waals surface area contributed by atoms with E-state index in [2.05, 4.69) is 40.4 Å². The van der Waals surface area contributed by atoms with Crippen molar-refractivity contribution in [3.8, 4) is 11.5 Å². The number of rotatable bonds is 4. The first-order chi connectivity index (χ1) is 20.3. The predicted molar refractivity (Wildman–Crippen MR) is 158 cm³/mol. The fraction of sp³-hybridized carbons (Fsp3) is 0.125. The quantitative estimate of drug-likeness (QED) is 0.149. The summed E-state index contributed by atoms with van der Waals surface area (Å²) in [6.07, 6.45) is 3.30. The summed E-state index contributed by atoms with van der Waals surface area (Å²) in [6.45, 7) is 7.68. The normalized spacial score (nSPS) is 11.1. The van der Waals surface area contributed by atoms with Crippen LogP contribution in [0.3, 0.4) is 0 Å². The van der Waals surface area contributed by atoms with Gasteiger partial charge in [0.2, 0.25) is 0 Å². The summed E-state index contributed by atoms with van der Waals surface area (Å²) in [5.41, 5.74) is 6.01. The van der Waals surface area contributed by atoms with E-state index < -0.39 is 0 Å². The third kappa shape index (κ3) is 7.20. The maximum absolute atomic E-state index is 11.9. The smallest absolute Gasteiger partial charge is 0.174 e. The van der Waals surface area contributed by atoms with Gasteiger partial charge in [-0.25, -0.2) is 9.97 Å². The number of fused-ring (bicyclic) bond motifs is 2. The van der Waals surface area contributed by atoms with Crippen LogP contribution in [0.15, 0.2) is 106 Å². The molecule has 4 aromatic heterocycles. The van der Waals surface area contributed by atoms with Crippen molar-refractivity contribution in [3.63, 3.8) is 0 Å². The van der Waals surface area contributed by atoms with Gasteiger partial charge in [0.25, 0.3) is 0 Å². The van der Waals surface area contributed by atoms with Crippen molar-refractivity contribution >= 4 is 44.8 Å². The molecule has 2 aromatic carbocycles. The topological polar surface area (TPSA) is 147 Å². The van der Waals surface area contributed by atoms with E-state index in [1.807, 2.05) is 64.1 Å². The van der Waals surface area contributed by atoms with Crippen LogP contribution in [-0.4, -0.2) is 19.9 Å². The van der Waals surface area contributed by atoms with Gasteiger partial charge in [-0.1, -0.05) is 35.8 Å². The van der Waals surface area contributed by atoms with Crippen LogP contribution in [0.1, 0.15) is 22.5 Å². The van der Waals surface area contributed by atoms with Gasteiger partial charge in [-0.2, -0.15) is 0 Å². The van der Waals surface area contributed by atoms with Crippen LogP contribution in [0.2, 0.25) is 0 Å². The molecular weight excluding hydrogens is 587 g/mol. The molecule has 0 unspecified atom stereocenters. The van der Waals surface area contributed by atoms with E-state index in [0.29, 0.717) is 44.8 Å². The van der Waals surface area contributed by atoms with Crippen molar-refractivity contribution in [2.75, 3.05) is 0 Å². The molecule has 0 atom stereocenters. The van der Waals surface area contributed by atoms with Crippen molar-refractivity contribution < 1.29 is 26.7 Å². The van der Waals surface area contributed by atoms with E-state index in [0.717, 1.165) is 22.5 Å². The van der Waals surface area contributed by atoms with E-state index in [1.165, 1.54) is 12.1 Å². The number of azo groups is 2. The Morgan fingerprint density at radius 1 is 0.535 bits per heavy atom. The summed E-state index contributed by atoms with van der Waals surface area (Å²) in [7, 11) is 0. The van der Waals surface area contributed by atoms with E-state index >= 15 is 0 Å². The van der Waals surface area contributed by atoms with Crippen LogP contribution in [-0.2, 0) is 16.5 Å². The van der Waals surface area contributed by atoms with Gasteiger partial charge in [-0.3, -0.25) is 9.97 Å². The first-order valence-electron chi connectivity index (χ1n) is 13.1. The number of pyridine rings is 4. The Hall–Kier alpha value is -5.15. The Morgan fingerprint density at radius 3 is 1.33 bits per heavy atom. The van der Waals surface area contributed by atoms with Crippen molar-refractivity contribution in [1.29, 1.82) is 0 Å². The molecule has 0 aliphatic rings. The van der Waals surface area contributed by atoms with Crippen molar-refractivity contribution in [1.82, 2.24) is 19.9 Å². The molecule has 43 heavy (non-hydrogen) atoms. The second-order valence-electron chi connectivity index (χ2n) is 9.52. The molecule has 4 heterocycles. The molecule has 218 valence electrons. The van der Waals surface area contributed by atoms with Crippen molar-refractivity contribution in [2.45, 2.75) is 27.7 Å². The van der Waals surface area contributed by atoms with Crippen LogP contribution in [0, 0.1) is 27.7 Å². The molecule has 0 N–H and O–H groups in total. The number of benzene rings is 2. The van der Waals surface area contributed by atoms with Gasteiger partial charge in [-0.15, -0.1) is 20.5 Å². The van der Waals surface area contributed by atoms with Crippen LogP contribution < -0.4 is 10.2 Å². The van der Waals surface area contributed by atoms with Crippen LogP contribution in [0.4, 0.5) is 23.0 Å². The minimum Gasteiger partial charge on any atom is -0.872 e. The molecular formula is C32H26N8NiO2-2. The molecule has 0 saturated heterocycles. The van der Waals surface area contributed by atoms with Gasteiger partial charge in [0.1, 0.15) is 11.4 Å². The van der Waals surface area contributed by atoms with Gasteiger partial charge in [0.05, 0.1) is 11.0 Å². The van der Waals surface area contributed by atoms with Gasteiger partial charge in [0.15, 0.2) is 11.6 Å². The molecule has 0 bridgehead atoms. The molecule has 0 fully saturated rings. The summed E-state index contributed by atoms with van der Waals surface area (Å²) < 4.78 is 0. The van der Waals surface area contributed by atoms with E-state index in [-0.39, 0.29) is 28.0 Å². The Morgan fingerprint density at radius 2 is 0.953 bits per heavy atom. The first-order valence-corrected chi connectivity index (χ1v) is 13.1. The second-order valence-corrected chi connectivity index (χ2v) is 9.52. The number of hydrogen-bond acceptors (Lipinski definition) is 10. The summed E-state index contributed by atoms with van der Waals surface area (Å²) >= 11 is 0.